The number of H-pyrrole nitrogens is 1. The van der Waals surface area contributed by atoms with Gasteiger partial charge in [0.25, 0.3) is 0 Å². The Morgan fingerprint density at radius 1 is 1.32 bits per heavy atom. The molecule has 2 aromatic rings. The lowest BCUT2D eigenvalue weighted by molar-refractivity contribution is 0.0773. The van der Waals surface area contributed by atoms with E-state index in [9.17, 15) is 4.39 Å². The number of hydrogen-bond donors (Lipinski definition) is 2. The standard InChI is InChI=1S/C20H28FN5OS/c1-20(2)4-3-15-16(13-20)24-25-19(15)14-11-17(21)23-18(12-14)22-5-10-28-26-6-8-27-9-7-26/h11-12H,3-10,13H2,1-2H3,(H,22,23)(H,24,25). The van der Waals surface area contributed by atoms with Crippen LogP contribution in [0.4, 0.5) is 10.2 Å². The molecule has 1 aliphatic heterocycles. The SMILES string of the molecule is CC1(C)CCc2c(-c3cc(F)nc(NCCSN4CCOCC4)c3)n[nH]c2C1. The van der Waals surface area contributed by atoms with E-state index >= 15 is 0 Å². The number of aromatic nitrogens is 3. The molecule has 28 heavy (non-hydrogen) atoms. The summed E-state index contributed by atoms with van der Waals surface area (Å²) in [6.07, 6.45) is 3.06. The molecule has 0 radical (unpaired) electrons. The van der Waals surface area contributed by atoms with Crippen molar-refractivity contribution in [2.45, 2.75) is 33.1 Å². The molecule has 3 heterocycles. The molecule has 0 atom stereocenters. The number of aromatic amines is 1. The van der Waals surface area contributed by atoms with Crippen molar-refractivity contribution >= 4 is 17.8 Å². The maximum Gasteiger partial charge on any atom is 0.215 e. The van der Waals surface area contributed by atoms with Gasteiger partial charge in [-0.05, 0) is 30.7 Å². The van der Waals surface area contributed by atoms with Crippen LogP contribution in [0.2, 0.25) is 0 Å². The summed E-state index contributed by atoms with van der Waals surface area (Å²) in [6.45, 7) is 8.77. The van der Waals surface area contributed by atoms with E-state index in [4.69, 9.17) is 4.74 Å². The monoisotopic (exact) mass is 405 g/mol. The minimum Gasteiger partial charge on any atom is -0.379 e. The summed E-state index contributed by atoms with van der Waals surface area (Å²) in [5.41, 5.74) is 4.33. The summed E-state index contributed by atoms with van der Waals surface area (Å²) in [4.78, 5) is 4.00. The van der Waals surface area contributed by atoms with Crippen molar-refractivity contribution in [2.24, 2.45) is 5.41 Å². The molecule has 1 fully saturated rings. The Morgan fingerprint density at radius 2 is 2.14 bits per heavy atom. The van der Waals surface area contributed by atoms with Crippen LogP contribution in [0.5, 0.6) is 0 Å². The topological polar surface area (TPSA) is 66.1 Å². The summed E-state index contributed by atoms with van der Waals surface area (Å²) < 4.78 is 21.8. The molecule has 0 unspecified atom stereocenters. The zero-order valence-corrected chi connectivity index (χ0v) is 17.4. The second-order valence-electron chi connectivity index (χ2n) is 8.24. The summed E-state index contributed by atoms with van der Waals surface area (Å²) in [5, 5.41) is 10.9. The first-order valence-electron chi connectivity index (χ1n) is 9.94. The van der Waals surface area contributed by atoms with Gasteiger partial charge in [-0.3, -0.25) is 5.10 Å². The van der Waals surface area contributed by atoms with Crippen molar-refractivity contribution in [3.8, 4) is 11.3 Å². The molecule has 8 heteroatoms. The van der Waals surface area contributed by atoms with Gasteiger partial charge in [0.15, 0.2) is 0 Å². The summed E-state index contributed by atoms with van der Waals surface area (Å²) in [5.74, 6) is 0.986. The van der Waals surface area contributed by atoms with Gasteiger partial charge in [0, 0.05) is 48.3 Å². The fourth-order valence-electron chi connectivity index (χ4n) is 3.84. The zero-order valence-electron chi connectivity index (χ0n) is 16.6. The number of morpholine rings is 1. The van der Waals surface area contributed by atoms with Gasteiger partial charge >= 0.3 is 0 Å². The van der Waals surface area contributed by atoms with Crippen LogP contribution in [0.1, 0.15) is 31.5 Å². The van der Waals surface area contributed by atoms with Gasteiger partial charge in [-0.15, -0.1) is 0 Å². The van der Waals surface area contributed by atoms with Crippen molar-refractivity contribution in [1.82, 2.24) is 19.5 Å². The highest BCUT2D eigenvalue weighted by molar-refractivity contribution is 7.97. The van der Waals surface area contributed by atoms with Gasteiger partial charge in [-0.2, -0.15) is 9.49 Å². The summed E-state index contributed by atoms with van der Waals surface area (Å²) >= 11 is 1.79. The lowest BCUT2D eigenvalue weighted by Gasteiger charge is -2.29. The fraction of sp³-hybridized carbons (Fsp3) is 0.600. The van der Waals surface area contributed by atoms with Gasteiger partial charge in [-0.1, -0.05) is 25.8 Å². The van der Waals surface area contributed by atoms with Crippen LogP contribution < -0.4 is 5.32 Å². The Bertz CT molecular complexity index is 819. The Balaban J connectivity index is 1.41. The van der Waals surface area contributed by atoms with E-state index in [2.05, 4.69) is 38.7 Å². The molecule has 0 amide bonds. The van der Waals surface area contributed by atoms with Crippen LogP contribution in [-0.2, 0) is 17.6 Å². The Hall–Kier alpha value is -1.64. The van der Waals surface area contributed by atoms with E-state index in [1.54, 1.807) is 11.9 Å². The van der Waals surface area contributed by atoms with Gasteiger partial charge in [-0.25, -0.2) is 9.29 Å². The first-order valence-corrected chi connectivity index (χ1v) is 10.9. The van der Waals surface area contributed by atoms with Crippen molar-refractivity contribution < 1.29 is 9.13 Å². The second kappa shape index (κ2) is 8.39. The van der Waals surface area contributed by atoms with Crippen LogP contribution >= 0.6 is 11.9 Å². The molecule has 0 spiro atoms. The normalized spacial score (nSPS) is 19.4. The molecule has 152 valence electrons. The van der Waals surface area contributed by atoms with Crippen molar-refractivity contribution in [2.75, 3.05) is 43.9 Å². The quantitative estimate of drug-likeness (QED) is 0.436. The van der Waals surface area contributed by atoms with E-state index in [1.807, 2.05) is 6.07 Å². The highest BCUT2D eigenvalue weighted by Gasteiger charge is 2.29. The first-order chi connectivity index (χ1) is 13.5. The third-order valence-electron chi connectivity index (χ3n) is 5.38. The maximum absolute atomic E-state index is 14.2. The smallest absolute Gasteiger partial charge is 0.215 e. The molecule has 1 saturated heterocycles. The lowest BCUT2D eigenvalue weighted by Crippen LogP contribution is -2.31. The third-order valence-corrected chi connectivity index (χ3v) is 6.50. The van der Waals surface area contributed by atoms with Crippen LogP contribution in [0.25, 0.3) is 11.3 Å². The number of anilines is 1. The molecule has 2 aliphatic rings. The average Bonchev–Trinajstić information content (AvgIpc) is 3.07. The van der Waals surface area contributed by atoms with Crippen LogP contribution in [0, 0.1) is 11.4 Å². The first kappa shape index (κ1) is 19.7. The van der Waals surface area contributed by atoms with Crippen molar-refractivity contribution in [3.63, 3.8) is 0 Å². The van der Waals surface area contributed by atoms with Gasteiger partial charge in [0.1, 0.15) is 5.82 Å². The Labute approximate surface area is 169 Å². The van der Waals surface area contributed by atoms with E-state index in [-0.39, 0.29) is 5.41 Å². The van der Waals surface area contributed by atoms with Gasteiger partial charge < -0.3 is 10.1 Å². The zero-order chi connectivity index (χ0) is 19.6. The average molecular weight is 406 g/mol. The molecule has 1 aliphatic carbocycles. The Morgan fingerprint density at radius 3 is 2.96 bits per heavy atom. The minimum absolute atomic E-state index is 0.283. The molecular weight excluding hydrogens is 377 g/mol. The molecule has 2 N–H and O–H groups in total. The van der Waals surface area contributed by atoms with Gasteiger partial charge in [0.2, 0.25) is 5.95 Å². The Kier molecular flexibility index (Phi) is 5.89. The summed E-state index contributed by atoms with van der Waals surface area (Å²) in [6, 6.07) is 3.38. The predicted octanol–water partition coefficient (Wildman–Crippen LogP) is 3.52. The van der Waals surface area contributed by atoms with E-state index in [0.717, 1.165) is 69.1 Å². The highest BCUT2D eigenvalue weighted by atomic mass is 32.2. The molecule has 2 aromatic heterocycles. The molecule has 0 saturated carbocycles. The molecule has 0 bridgehead atoms. The molecule has 6 nitrogen and oxygen atoms in total. The third kappa shape index (κ3) is 4.67. The highest BCUT2D eigenvalue weighted by Crippen LogP contribution is 2.38. The predicted molar refractivity (Wildman–Crippen MR) is 111 cm³/mol. The number of pyridine rings is 1. The molecule has 0 aromatic carbocycles. The van der Waals surface area contributed by atoms with Gasteiger partial charge in [0.05, 0.1) is 18.9 Å². The second-order valence-corrected chi connectivity index (χ2v) is 9.42. The number of rotatable bonds is 6. The van der Waals surface area contributed by atoms with E-state index in [1.165, 1.54) is 17.3 Å². The molecule has 4 rings (SSSR count). The molecular formula is C20H28FN5OS. The number of fused-ring (bicyclic) bond motifs is 1. The number of nitrogens with zero attached hydrogens (tertiary/aromatic N) is 3. The van der Waals surface area contributed by atoms with Crippen molar-refractivity contribution in [3.05, 3.63) is 29.3 Å². The number of ether oxygens (including phenoxy) is 1. The maximum atomic E-state index is 14.2. The van der Waals surface area contributed by atoms with E-state index in [0.29, 0.717) is 5.82 Å². The number of halogens is 1. The lowest BCUT2D eigenvalue weighted by atomic mass is 9.76. The van der Waals surface area contributed by atoms with E-state index < -0.39 is 5.95 Å². The van der Waals surface area contributed by atoms with Crippen molar-refractivity contribution in [1.29, 1.82) is 0 Å². The van der Waals surface area contributed by atoms with Crippen LogP contribution in [0.3, 0.4) is 0 Å². The number of hydrogen-bond acceptors (Lipinski definition) is 6. The van der Waals surface area contributed by atoms with Crippen LogP contribution in [-0.4, -0.2) is 58.1 Å². The number of nitrogens with one attached hydrogen (secondary N) is 2. The largest absolute Gasteiger partial charge is 0.379 e. The minimum atomic E-state index is -0.478. The summed E-state index contributed by atoms with van der Waals surface area (Å²) in [7, 11) is 0. The van der Waals surface area contributed by atoms with Crippen LogP contribution in [0.15, 0.2) is 12.1 Å². The fourth-order valence-corrected chi connectivity index (χ4v) is 4.70.